The molecule has 0 bridgehead atoms. The van der Waals surface area contributed by atoms with E-state index >= 15 is 0 Å². The van der Waals surface area contributed by atoms with Crippen molar-refractivity contribution in [2.45, 2.75) is 31.6 Å². The highest BCUT2D eigenvalue weighted by Gasteiger charge is 2.23. The van der Waals surface area contributed by atoms with Gasteiger partial charge in [-0.1, -0.05) is 24.3 Å². The van der Waals surface area contributed by atoms with E-state index in [2.05, 4.69) is 39.4 Å². The molecule has 3 rings (SSSR count). The van der Waals surface area contributed by atoms with E-state index in [4.69, 9.17) is 0 Å². The third-order valence-corrected chi connectivity index (χ3v) is 3.60. The molecule has 0 saturated carbocycles. The number of aromatic nitrogens is 3. The molecule has 1 N–H and O–H groups in total. The lowest BCUT2D eigenvalue weighted by atomic mass is 9.80. The predicted octanol–water partition coefficient (Wildman–Crippen LogP) is 2.50. The molecule has 1 aliphatic carbocycles. The summed E-state index contributed by atoms with van der Waals surface area (Å²) in [4.78, 5) is 16.0. The van der Waals surface area contributed by atoms with Crippen LogP contribution in [0.4, 0.5) is 0 Å². The number of ketones is 1. The van der Waals surface area contributed by atoms with Crippen LogP contribution >= 0.6 is 0 Å². The Kier molecular flexibility index (Phi) is 2.92. The molecule has 4 nitrogen and oxygen atoms in total. The van der Waals surface area contributed by atoms with Crippen LogP contribution in [0.15, 0.2) is 30.6 Å². The molecule has 0 aliphatic heterocycles. The molecule has 2 aromatic rings. The fourth-order valence-corrected chi connectivity index (χ4v) is 2.73. The highest BCUT2D eigenvalue weighted by atomic mass is 16.1. The number of fused-ring (bicyclic) bond motifs is 1. The largest absolute Gasteiger partial charge is 0.291 e. The zero-order valence-corrected chi connectivity index (χ0v) is 10.1. The van der Waals surface area contributed by atoms with Gasteiger partial charge in [0.05, 0.1) is 0 Å². The van der Waals surface area contributed by atoms with Crippen molar-refractivity contribution >= 4 is 5.78 Å². The minimum atomic E-state index is 0.0502. The number of Topliss-reactive ketones (excluding diaryl/α,β-unsaturated/α-hetero) is 1. The molecule has 1 aliphatic rings. The van der Waals surface area contributed by atoms with Crippen LogP contribution in [-0.4, -0.2) is 21.0 Å². The van der Waals surface area contributed by atoms with Crippen molar-refractivity contribution in [2.24, 2.45) is 0 Å². The van der Waals surface area contributed by atoms with Gasteiger partial charge >= 0.3 is 0 Å². The summed E-state index contributed by atoms with van der Waals surface area (Å²) in [6.07, 6.45) is 5.26. The maximum absolute atomic E-state index is 12.1. The van der Waals surface area contributed by atoms with Gasteiger partial charge in [0.25, 0.3) is 0 Å². The van der Waals surface area contributed by atoms with E-state index in [0.29, 0.717) is 18.2 Å². The lowest BCUT2D eigenvalue weighted by Crippen LogP contribution is -2.14. The van der Waals surface area contributed by atoms with Gasteiger partial charge in [-0.05, 0) is 36.3 Å². The standard InChI is InChI=1S/C14H15N3O/c18-13(14-15-9-16-17-14)8-11-6-3-5-10-4-1-2-7-12(10)11/h1-2,4,7,9,11H,3,5-6,8H2,(H,15,16,17). The Balaban J connectivity index is 1.80. The number of carbonyl (C=O) groups excluding carboxylic acids is 1. The number of hydrogen-bond donors (Lipinski definition) is 1. The molecule has 0 amide bonds. The lowest BCUT2D eigenvalue weighted by Gasteiger charge is -2.24. The van der Waals surface area contributed by atoms with Crippen molar-refractivity contribution in [2.75, 3.05) is 0 Å². The molecule has 92 valence electrons. The van der Waals surface area contributed by atoms with E-state index in [0.717, 1.165) is 19.3 Å². The van der Waals surface area contributed by atoms with Crippen LogP contribution < -0.4 is 0 Å². The Hall–Kier alpha value is -1.97. The zero-order chi connectivity index (χ0) is 12.4. The van der Waals surface area contributed by atoms with Crippen molar-refractivity contribution < 1.29 is 4.79 Å². The van der Waals surface area contributed by atoms with Crippen LogP contribution in [0.5, 0.6) is 0 Å². The number of benzene rings is 1. The Bertz CT molecular complexity index is 548. The van der Waals surface area contributed by atoms with E-state index < -0.39 is 0 Å². The third kappa shape index (κ3) is 2.06. The summed E-state index contributed by atoms with van der Waals surface area (Å²) in [6.45, 7) is 0. The normalized spacial score (nSPS) is 18.3. The number of hydrogen-bond acceptors (Lipinski definition) is 3. The summed E-state index contributed by atoms with van der Waals surface area (Å²) in [6, 6.07) is 8.43. The maximum atomic E-state index is 12.1. The molecular formula is C14H15N3O. The van der Waals surface area contributed by atoms with Gasteiger partial charge in [-0.15, -0.1) is 0 Å². The number of aryl methyl sites for hydroxylation is 1. The molecule has 0 saturated heterocycles. The molecule has 0 fully saturated rings. The quantitative estimate of drug-likeness (QED) is 0.840. The van der Waals surface area contributed by atoms with Gasteiger partial charge in [-0.2, -0.15) is 5.10 Å². The highest BCUT2D eigenvalue weighted by molar-refractivity contribution is 5.92. The topological polar surface area (TPSA) is 58.6 Å². The Morgan fingerprint density at radius 1 is 1.39 bits per heavy atom. The van der Waals surface area contributed by atoms with Gasteiger partial charge < -0.3 is 0 Å². The number of nitrogens with one attached hydrogen (secondary N) is 1. The fourth-order valence-electron chi connectivity index (χ4n) is 2.73. The minimum absolute atomic E-state index is 0.0502. The van der Waals surface area contributed by atoms with Crippen LogP contribution in [0.3, 0.4) is 0 Å². The van der Waals surface area contributed by atoms with E-state index in [1.165, 1.54) is 17.5 Å². The Labute approximate surface area is 105 Å². The van der Waals surface area contributed by atoms with Crippen LogP contribution in [0, 0.1) is 0 Å². The fraction of sp³-hybridized carbons (Fsp3) is 0.357. The van der Waals surface area contributed by atoms with Gasteiger partial charge in [0.15, 0.2) is 11.6 Å². The number of H-pyrrole nitrogens is 1. The smallest absolute Gasteiger partial charge is 0.200 e. The van der Waals surface area contributed by atoms with Crippen molar-refractivity contribution in [3.63, 3.8) is 0 Å². The summed E-state index contributed by atoms with van der Waals surface area (Å²) < 4.78 is 0. The van der Waals surface area contributed by atoms with Gasteiger partial charge in [-0.3, -0.25) is 9.89 Å². The van der Waals surface area contributed by atoms with Crippen molar-refractivity contribution in [1.82, 2.24) is 15.2 Å². The van der Waals surface area contributed by atoms with E-state index in [9.17, 15) is 4.79 Å². The first-order valence-corrected chi connectivity index (χ1v) is 6.31. The number of rotatable bonds is 3. The Morgan fingerprint density at radius 2 is 2.28 bits per heavy atom. The number of carbonyl (C=O) groups is 1. The maximum Gasteiger partial charge on any atom is 0.200 e. The molecule has 4 heteroatoms. The molecule has 1 aromatic carbocycles. The second-order valence-electron chi connectivity index (χ2n) is 4.75. The molecule has 1 unspecified atom stereocenters. The molecule has 18 heavy (non-hydrogen) atoms. The minimum Gasteiger partial charge on any atom is -0.291 e. The van der Waals surface area contributed by atoms with Crippen LogP contribution in [0.2, 0.25) is 0 Å². The molecule has 0 radical (unpaired) electrons. The van der Waals surface area contributed by atoms with Crippen molar-refractivity contribution in [3.8, 4) is 0 Å². The summed E-state index contributed by atoms with van der Waals surface area (Å²) >= 11 is 0. The monoisotopic (exact) mass is 241 g/mol. The lowest BCUT2D eigenvalue weighted by molar-refractivity contribution is 0.0961. The SMILES string of the molecule is O=C(CC1CCCc2ccccc21)c1ncn[nH]1. The number of nitrogens with zero attached hydrogens (tertiary/aromatic N) is 2. The zero-order valence-electron chi connectivity index (χ0n) is 10.1. The summed E-state index contributed by atoms with van der Waals surface area (Å²) in [7, 11) is 0. The van der Waals surface area contributed by atoms with Crippen LogP contribution in [-0.2, 0) is 6.42 Å². The van der Waals surface area contributed by atoms with Gasteiger partial charge in [-0.25, -0.2) is 4.98 Å². The summed E-state index contributed by atoms with van der Waals surface area (Å²) in [5.41, 5.74) is 2.72. The molecular weight excluding hydrogens is 226 g/mol. The first-order chi connectivity index (χ1) is 8.84. The first-order valence-electron chi connectivity index (χ1n) is 6.31. The highest BCUT2D eigenvalue weighted by Crippen LogP contribution is 2.34. The van der Waals surface area contributed by atoms with E-state index in [-0.39, 0.29) is 5.78 Å². The summed E-state index contributed by atoms with van der Waals surface area (Å²) in [5.74, 6) is 0.750. The second kappa shape index (κ2) is 4.72. The van der Waals surface area contributed by atoms with Crippen LogP contribution in [0.25, 0.3) is 0 Å². The second-order valence-corrected chi connectivity index (χ2v) is 4.75. The molecule has 1 atom stereocenters. The molecule has 0 spiro atoms. The van der Waals surface area contributed by atoms with E-state index in [1.54, 1.807) is 0 Å². The van der Waals surface area contributed by atoms with E-state index in [1.807, 2.05) is 0 Å². The van der Waals surface area contributed by atoms with Crippen LogP contribution in [0.1, 0.15) is 46.9 Å². The van der Waals surface area contributed by atoms with Crippen molar-refractivity contribution in [1.29, 1.82) is 0 Å². The average molecular weight is 241 g/mol. The van der Waals surface area contributed by atoms with Gasteiger partial charge in [0, 0.05) is 6.42 Å². The first kappa shape index (κ1) is 11.1. The van der Waals surface area contributed by atoms with Crippen molar-refractivity contribution in [3.05, 3.63) is 47.5 Å². The molecule has 1 heterocycles. The molecule has 1 aromatic heterocycles. The average Bonchev–Trinajstić information content (AvgIpc) is 2.93. The predicted molar refractivity (Wildman–Crippen MR) is 67.5 cm³/mol. The third-order valence-electron chi connectivity index (χ3n) is 3.60. The van der Waals surface area contributed by atoms with Gasteiger partial charge in [0.2, 0.25) is 0 Å². The number of aromatic amines is 1. The van der Waals surface area contributed by atoms with Gasteiger partial charge in [0.1, 0.15) is 6.33 Å². The Morgan fingerprint density at radius 3 is 3.11 bits per heavy atom. The summed E-state index contributed by atoms with van der Waals surface area (Å²) in [5, 5.41) is 6.36.